The van der Waals surface area contributed by atoms with Gasteiger partial charge in [-0.3, -0.25) is 9.59 Å². The lowest BCUT2D eigenvalue weighted by Crippen LogP contribution is -2.26. The summed E-state index contributed by atoms with van der Waals surface area (Å²) in [6, 6.07) is 0. The lowest BCUT2D eigenvalue weighted by Gasteiger charge is -1.99. The van der Waals surface area contributed by atoms with Crippen LogP contribution < -0.4 is 5.32 Å². The molecule has 1 aliphatic rings. The van der Waals surface area contributed by atoms with Crippen molar-refractivity contribution in [2.75, 3.05) is 11.9 Å². The van der Waals surface area contributed by atoms with Crippen LogP contribution >= 0.6 is 15.9 Å². The second-order valence-corrected chi connectivity index (χ2v) is 4.19. The highest BCUT2D eigenvalue weighted by Crippen LogP contribution is 2.18. The molecule has 1 amide bonds. The number of allylic oxidation sites excluding steroid dienone is 1. The number of aromatic nitrogens is 1. The maximum atomic E-state index is 11.1. The van der Waals surface area contributed by atoms with Crippen molar-refractivity contribution in [2.24, 2.45) is 0 Å². The van der Waals surface area contributed by atoms with Gasteiger partial charge in [0.25, 0.3) is 0 Å². The van der Waals surface area contributed by atoms with Crippen LogP contribution in [0.5, 0.6) is 0 Å². The highest BCUT2D eigenvalue weighted by Gasteiger charge is 2.17. The van der Waals surface area contributed by atoms with Gasteiger partial charge in [0.15, 0.2) is 11.7 Å². The van der Waals surface area contributed by atoms with Crippen molar-refractivity contribution in [2.45, 2.75) is 12.8 Å². The van der Waals surface area contributed by atoms with Gasteiger partial charge in [0, 0.05) is 13.0 Å². The number of ketones is 1. The number of alkyl halides is 1. The summed E-state index contributed by atoms with van der Waals surface area (Å²) in [5.41, 5.74) is 0.714. The van der Waals surface area contributed by atoms with Gasteiger partial charge >= 0.3 is 0 Å². The normalized spacial score (nSPS) is 13.6. The van der Waals surface area contributed by atoms with Crippen molar-refractivity contribution in [1.29, 1.82) is 0 Å². The first-order chi connectivity index (χ1) is 8.19. The maximum Gasteiger partial charge on any atom is 0.230 e. The Morgan fingerprint density at radius 1 is 1.53 bits per heavy atom. The van der Waals surface area contributed by atoms with Gasteiger partial charge in [-0.05, 0) is 12.2 Å². The minimum atomic E-state index is -0.0728. The van der Waals surface area contributed by atoms with Gasteiger partial charge in [0.05, 0.1) is 11.8 Å². The first kappa shape index (κ1) is 12.0. The number of carbonyl (C=O) groups excluding carboxylic acids is 2. The first-order valence-corrected chi connectivity index (χ1v) is 6.33. The molecule has 0 unspecified atom stereocenters. The number of fused-ring (bicyclic) bond motifs is 1. The molecule has 0 aliphatic heterocycles. The number of nitrogens with one attached hydrogen (secondary N) is 1. The van der Waals surface area contributed by atoms with Crippen LogP contribution in [0.1, 0.15) is 17.3 Å². The molecule has 0 bridgehead atoms. The zero-order chi connectivity index (χ0) is 12.3. The van der Waals surface area contributed by atoms with Crippen molar-refractivity contribution in [3.05, 3.63) is 23.4 Å². The fourth-order valence-electron chi connectivity index (χ4n) is 1.52. The van der Waals surface area contributed by atoms with Crippen LogP contribution in [0.25, 0.3) is 6.08 Å². The molecule has 2 rings (SSSR count). The van der Waals surface area contributed by atoms with Crippen molar-refractivity contribution in [3.63, 3.8) is 0 Å². The van der Waals surface area contributed by atoms with Crippen molar-refractivity contribution >= 4 is 33.7 Å². The molecule has 1 N–H and O–H groups in total. The van der Waals surface area contributed by atoms with E-state index in [2.05, 4.69) is 26.2 Å². The second-order valence-electron chi connectivity index (χ2n) is 3.63. The predicted molar refractivity (Wildman–Crippen MR) is 64.8 cm³/mol. The van der Waals surface area contributed by atoms with Gasteiger partial charge in [-0.25, -0.2) is 4.98 Å². The van der Waals surface area contributed by atoms with E-state index in [4.69, 9.17) is 4.42 Å². The van der Waals surface area contributed by atoms with Crippen LogP contribution in [-0.2, 0) is 22.4 Å². The standard InChI is InChI=1S/C11H11BrN2O3/c12-6-10(16)13-4-3-11-14-8-2-1-7(15)5-9(8)17-11/h1-2H,3-6H2,(H,13,16). The molecule has 0 aromatic carbocycles. The van der Waals surface area contributed by atoms with Crippen molar-refractivity contribution in [3.8, 4) is 0 Å². The number of halogens is 1. The molecule has 90 valence electrons. The summed E-state index contributed by atoms with van der Waals surface area (Å²) in [5.74, 6) is 1.10. The van der Waals surface area contributed by atoms with E-state index in [1.807, 2.05) is 0 Å². The monoisotopic (exact) mass is 298 g/mol. The van der Waals surface area contributed by atoms with Gasteiger partial charge < -0.3 is 9.73 Å². The molecule has 1 heterocycles. The van der Waals surface area contributed by atoms with E-state index in [0.717, 1.165) is 0 Å². The number of amides is 1. The zero-order valence-electron chi connectivity index (χ0n) is 9.03. The highest BCUT2D eigenvalue weighted by molar-refractivity contribution is 9.09. The van der Waals surface area contributed by atoms with Crippen molar-refractivity contribution < 1.29 is 14.0 Å². The third kappa shape index (κ3) is 3.03. The van der Waals surface area contributed by atoms with Crippen LogP contribution in [0.15, 0.2) is 10.5 Å². The van der Waals surface area contributed by atoms with Gasteiger partial charge in [-0.15, -0.1) is 0 Å². The molecular formula is C11H11BrN2O3. The highest BCUT2D eigenvalue weighted by atomic mass is 79.9. The summed E-state index contributed by atoms with van der Waals surface area (Å²) < 4.78 is 5.45. The second kappa shape index (κ2) is 5.27. The van der Waals surface area contributed by atoms with E-state index < -0.39 is 0 Å². The van der Waals surface area contributed by atoms with Gasteiger partial charge in [-0.1, -0.05) is 15.9 Å². The average molecular weight is 299 g/mol. The quantitative estimate of drug-likeness (QED) is 0.837. The van der Waals surface area contributed by atoms with E-state index in [-0.39, 0.29) is 23.4 Å². The summed E-state index contributed by atoms with van der Waals surface area (Å²) in [7, 11) is 0. The number of hydrogen-bond donors (Lipinski definition) is 1. The molecule has 1 aromatic heterocycles. The predicted octanol–water partition coefficient (Wildman–Crippen LogP) is 0.867. The summed E-state index contributed by atoms with van der Waals surface area (Å²) in [4.78, 5) is 26.4. The van der Waals surface area contributed by atoms with Crippen molar-refractivity contribution in [1.82, 2.24) is 10.3 Å². The smallest absolute Gasteiger partial charge is 0.230 e. The third-order valence-electron chi connectivity index (χ3n) is 2.32. The minimum Gasteiger partial charge on any atom is -0.445 e. The summed E-state index contributed by atoms with van der Waals surface area (Å²) in [6.07, 6.45) is 3.95. The molecule has 1 aliphatic carbocycles. The number of nitrogens with zero attached hydrogens (tertiary/aromatic N) is 1. The van der Waals surface area contributed by atoms with Gasteiger partial charge in [0.2, 0.25) is 5.91 Å². The summed E-state index contributed by atoms with van der Waals surface area (Å²) in [5, 5.41) is 2.98. The molecule has 0 saturated carbocycles. The summed E-state index contributed by atoms with van der Waals surface area (Å²) in [6.45, 7) is 0.474. The lowest BCUT2D eigenvalue weighted by atomic mass is 10.1. The molecule has 0 saturated heterocycles. The molecule has 0 radical (unpaired) electrons. The number of hydrogen-bond acceptors (Lipinski definition) is 4. The molecule has 6 heteroatoms. The SMILES string of the molecule is O=C1C=Cc2nc(CCNC(=O)CBr)oc2C1. The Bertz CT molecular complexity index is 479. The van der Waals surface area contributed by atoms with E-state index in [0.29, 0.717) is 30.3 Å². The molecule has 5 nitrogen and oxygen atoms in total. The minimum absolute atomic E-state index is 0.0211. The third-order valence-corrected chi connectivity index (χ3v) is 2.83. The Labute approximate surface area is 106 Å². The Morgan fingerprint density at radius 3 is 3.12 bits per heavy atom. The first-order valence-electron chi connectivity index (χ1n) is 5.21. The molecular weight excluding hydrogens is 288 g/mol. The fourth-order valence-corrected chi connectivity index (χ4v) is 1.72. The zero-order valence-corrected chi connectivity index (χ0v) is 10.6. The largest absolute Gasteiger partial charge is 0.445 e. The maximum absolute atomic E-state index is 11.1. The molecule has 1 aromatic rings. The van der Waals surface area contributed by atoms with Crippen LogP contribution in [0.4, 0.5) is 0 Å². The van der Waals surface area contributed by atoms with Gasteiger partial charge in [-0.2, -0.15) is 0 Å². The Balaban J connectivity index is 1.93. The molecule has 0 fully saturated rings. The Kier molecular flexibility index (Phi) is 3.73. The van der Waals surface area contributed by atoms with Crippen LogP contribution in [-0.4, -0.2) is 28.5 Å². The number of carbonyl (C=O) groups is 2. The lowest BCUT2D eigenvalue weighted by molar-refractivity contribution is -0.118. The number of rotatable bonds is 4. The average Bonchev–Trinajstić information content (AvgIpc) is 2.70. The molecule has 0 atom stereocenters. The Hall–Kier alpha value is -1.43. The number of oxazole rings is 1. The van der Waals surface area contributed by atoms with E-state index in [9.17, 15) is 9.59 Å². The fraction of sp³-hybridized carbons (Fsp3) is 0.364. The topological polar surface area (TPSA) is 72.2 Å². The Morgan fingerprint density at radius 2 is 2.35 bits per heavy atom. The van der Waals surface area contributed by atoms with E-state index in [1.54, 1.807) is 6.08 Å². The van der Waals surface area contributed by atoms with Crippen LogP contribution in [0.2, 0.25) is 0 Å². The molecule has 0 spiro atoms. The van der Waals surface area contributed by atoms with E-state index in [1.165, 1.54) is 6.08 Å². The van der Waals surface area contributed by atoms with Crippen LogP contribution in [0.3, 0.4) is 0 Å². The summed E-state index contributed by atoms with van der Waals surface area (Å²) >= 11 is 3.06. The van der Waals surface area contributed by atoms with E-state index >= 15 is 0 Å². The van der Waals surface area contributed by atoms with Gasteiger partial charge in [0.1, 0.15) is 11.5 Å². The molecule has 17 heavy (non-hydrogen) atoms. The van der Waals surface area contributed by atoms with Crippen LogP contribution in [0, 0.1) is 0 Å².